The molecule has 1 N–H and O–H groups in total. The molecule has 24 heavy (non-hydrogen) atoms. The number of aliphatic hydroxyl groups is 1. The molecule has 2 heterocycles. The van der Waals surface area contributed by atoms with Gasteiger partial charge in [0, 0.05) is 31.2 Å². The Hall–Kier alpha value is -1.59. The molecule has 0 aliphatic carbocycles. The number of rotatable bonds is 6. The van der Waals surface area contributed by atoms with Crippen LogP contribution in [0.3, 0.4) is 0 Å². The van der Waals surface area contributed by atoms with Crippen LogP contribution in [0.5, 0.6) is 5.75 Å². The normalized spacial score (nSPS) is 24.3. The molecule has 2 aliphatic rings. The number of hydrogen-bond donors (Lipinski definition) is 1. The van der Waals surface area contributed by atoms with Gasteiger partial charge in [-0.15, -0.1) is 0 Å². The van der Waals surface area contributed by atoms with Crippen molar-refractivity contribution < 1.29 is 14.6 Å². The first-order chi connectivity index (χ1) is 11.6. The van der Waals surface area contributed by atoms with Crippen molar-refractivity contribution in [3.8, 4) is 5.75 Å². The van der Waals surface area contributed by atoms with Gasteiger partial charge in [-0.05, 0) is 43.9 Å². The molecule has 0 radical (unpaired) electrons. The van der Waals surface area contributed by atoms with Gasteiger partial charge in [0.05, 0.1) is 19.3 Å². The van der Waals surface area contributed by atoms with Crippen LogP contribution in [0.1, 0.15) is 44.2 Å². The van der Waals surface area contributed by atoms with Crippen molar-refractivity contribution in [2.75, 3.05) is 19.7 Å². The molecule has 1 aromatic carbocycles. The van der Waals surface area contributed by atoms with Gasteiger partial charge in [-0.2, -0.15) is 0 Å². The third-order valence-corrected chi connectivity index (χ3v) is 5.15. The number of fused-ring (bicyclic) bond motifs is 1. The first-order valence-electron chi connectivity index (χ1n) is 9.04. The smallest absolute Gasteiger partial charge is 0.239 e. The van der Waals surface area contributed by atoms with Gasteiger partial charge < -0.3 is 14.7 Å². The van der Waals surface area contributed by atoms with Crippen LogP contribution in [0.25, 0.3) is 0 Å². The lowest BCUT2D eigenvalue weighted by Crippen LogP contribution is -2.58. The van der Waals surface area contributed by atoms with Gasteiger partial charge in [-0.1, -0.05) is 13.0 Å². The molecule has 0 unspecified atom stereocenters. The van der Waals surface area contributed by atoms with Gasteiger partial charge in [0.2, 0.25) is 5.91 Å². The number of piperazine rings is 1. The Labute approximate surface area is 144 Å². The number of hydrogen-bond acceptors (Lipinski definition) is 4. The molecule has 1 aromatic rings. The van der Waals surface area contributed by atoms with E-state index in [1.165, 1.54) is 0 Å². The maximum atomic E-state index is 12.5. The van der Waals surface area contributed by atoms with Gasteiger partial charge in [0.25, 0.3) is 0 Å². The standard InChI is InChI=1S/C19H28N2O3/c1-3-9-24-18-7-6-15(10-16(18)13-22)11-20-12-17-5-4-8-21(17)19(23)14(20)2/h6-7,10,14,17,22H,3-5,8-9,11-13H2,1-2H3/t14-,17+/m1/s1. The number of carbonyl (C=O) groups excluding carboxylic acids is 1. The Bertz CT molecular complexity index is 590. The molecule has 0 saturated carbocycles. The van der Waals surface area contributed by atoms with Crippen molar-refractivity contribution in [2.45, 2.75) is 58.3 Å². The summed E-state index contributed by atoms with van der Waals surface area (Å²) in [5.74, 6) is 1.02. The van der Waals surface area contributed by atoms with E-state index in [0.717, 1.165) is 55.8 Å². The van der Waals surface area contributed by atoms with Crippen molar-refractivity contribution in [3.05, 3.63) is 29.3 Å². The second-order valence-electron chi connectivity index (χ2n) is 6.88. The summed E-state index contributed by atoms with van der Waals surface area (Å²) in [5, 5.41) is 9.61. The van der Waals surface area contributed by atoms with Gasteiger partial charge >= 0.3 is 0 Å². The molecule has 2 fully saturated rings. The molecular weight excluding hydrogens is 304 g/mol. The third kappa shape index (κ3) is 3.42. The highest BCUT2D eigenvalue weighted by Gasteiger charge is 2.39. The van der Waals surface area contributed by atoms with Crippen LogP contribution in [0.2, 0.25) is 0 Å². The molecule has 0 aromatic heterocycles. The second-order valence-corrected chi connectivity index (χ2v) is 6.88. The van der Waals surface area contributed by atoms with E-state index in [9.17, 15) is 9.90 Å². The lowest BCUT2D eigenvalue weighted by Gasteiger charge is -2.41. The summed E-state index contributed by atoms with van der Waals surface area (Å²) in [7, 11) is 0. The molecule has 1 amide bonds. The van der Waals surface area contributed by atoms with E-state index < -0.39 is 0 Å². The SMILES string of the molecule is CCCOc1ccc(CN2C[C@@H]3CCCN3C(=O)[C@H]2C)cc1CO. The van der Waals surface area contributed by atoms with Crippen LogP contribution in [-0.2, 0) is 17.9 Å². The Kier molecular flexibility index (Phi) is 5.41. The van der Waals surface area contributed by atoms with Crippen molar-refractivity contribution in [1.82, 2.24) is 9.80 Å². The zero-order chi connectivity index (χ0) is 17.1. The fourth-order valence-corrected chi connectivity index (χ4v) is 3.78. The lowest BCUT2D eigenvalue weighted by molar-refractivity contribution is -0.143. The fraction of sp³-hybridized carbons (Fsp3) is 0.632. The van der Waals surface area contributed by atoms with Gasteiger partial charge in [0.1, 0.15) is 5.75 Å². The van der Waals surface area contributed by atoms with E-state index in [-0.39, 0.29) is 18.6 Å². The zero-order valence-corrected chi connectivity index (χ0v) is 14.7. The van der Waals surface area contributed by atoms with Crippen LogP contribution >= 0.6 is 0 Å². The molecule has 2 saturated heterocycles. The van der Waals surface area contributed by atoms with Crippen molar-refractivity contribution >= 4 is 5.91 Å². The monoisotopic (exact) mass is 332 g/mol. The van der Waals surface area contributed by atoms with E-state index in [4.69, 9.17) is 4.74 Å². The number of nitrogens with zero attached hydrogens (tertiary/aromatic N) is 2. The quantitative estimate of drug-likeness (QED) is 0.867. The number of benzene rings is 1. The fourth-order valence-electron chi connectivity index (χ4n) is 3.78. The molecule has 3 rings (SSSR count). The minimum Gasteiger partial charge on any atom is -0.493 e. The Morgan fingerprint density at radius 2 is 2.21 bits per heavy atom. The molecule has 5 nitrogen and oxygen atoms in total. The van der Waals surface area contributed by atoms with E-state index >= 15 is 0 Å². The van der Waals surface area contributed by atoms with Crippen LogP contribution < -0.4 is 4.74 Å². The number of aliphatic hydroxyl groups excluding tert-OH is 1. The zero-order valence-electron chi connectivity index (χ0n) is 14.7. The highest BCUT2D eigenvalue weighted by Crippen LogP contribution is 2.28. The van der Waals surface area contributed by atoms with Gasteiger partial charge in [-0.3, -0.25) is 9.69 Å². The second kappa shape index (κ2) is 7.53. The van der Waals surface area contributed by atoms with Crippen LogP contribution in [-0.4, -0.2) is 52.6 Å². The highest BCUT2D eigenvalue weighted by atomic mass is 16.5. The third-order valence-electron chi connectivity index (χ3n) is 5.15. The number of amides is 1. The molecular formula is C19H28N2O3. The topological polar surface area (TPSA) is 53.0 Å². The maximum Gasteiger partial charge on any atom is 0.239 e. The summed E-state index contributed by atoms with van der Waals surface area (Å²) in [6, 6.07) is 6.28. The summed E-state index contributed by atoms with van der Waals surface area (Å²) in [6.45, 7) is 7.28. The highest BCUT2D eigenvalue weighted by molar-refractivity contribution is 5.83. The number of ether oxygens (including phenoxy) is 1. The predicted octanol–water partition coefficient (Wildman–Crippen LogP) is 2.16. The van der Waals surface area contributed by atoms with E-state index in [1.54, 1.807) is 0 Å². The van der Waals surface area contributed by atoms with Crippen LogP contribution in [0.15, 0.2) is 18.2 Å². The molecule has 5 heteroatoms. The van der Waals surface area contributed by atoms with Gasteiger partial charge in [0.15, 0.2) is 0 Å². The van der Waals surface area contributed by atoms with E-state index in [0.29, 0.717) is 12.6 Å². The minimum absolute atomic E-state index is 0.0300. The van der Waals surface area contributed by atoms with Crippen LogP contribution in [0, 0.1) is 0 Å². The van der Waals surface area contributed by atoms with Gasteiger partial charge in [-0.25, -0.2) is 0 Å². The summed E-state index contributed by atoms with van der Waals surface area (Å²) in [6.07, 6.45) is 3.17. The Morgan fingerprint density at radius 1 is 1.38 bits per heavy atom. The Morgan fingerprint density at radius 3 is 2.96 bits per heavy atom. The molecule has 0 bridgehead atoms. The van der Waals surface area contributed by atoms with E-state index in [2.05, 4.69) is 16.7 Å². The molecule has 132 valence electrons. The van der Waals surface area contributed by atoms with Crippen molar-refractivity contribution in [3.63, 3.8) is 0 Å². The largest absolute Gasteiger partial charge is 0.493 e. The summed E-state index contributed by atoms with van der Waals surface area (Å²) >= 11 is 0. The van der Waals surface area contributed by atoms with Crippen LogP contribution in [0.4, 0.5) is 0 Å². The Balaban J connectivity index is 1.72. The van der Waals surface area contributed by atoms with Crippen molar-refractivity contribution in [2.24, 2.45) is 0 Å². The molecule has 2 aliphatic heterocycles. The van der Waals surface area contributed by atoms with Crippen molar-refractivity contribution in [1.29, 1.82) is 0 Å². The predicted molar refractivity (Wildman–Crippen MR) is 92.8 cm³/mol. The maximum absolute atomic E-state index is 12.5. The average Bonchev–Trinajstić information content (AvgIpc) is 3.06. The average molecular weight is 332 g/mol. The minimum atomic E-state index is -0.0760. The lowest BCUT2D eigenvalue weighted by atomic mass is 10.0. The first-order valence-corrected chi connectivity index (χ1v) is 9.04. The summed E-state index contributed by atoms with van der Waals surface area (Å²) in [5.41, 5.74) is 1.94. The van der Waals surface area contributed by atoms with E-state index in [1.807, 2.05) is 25.1 Å². The summed E-state index contributed by atoms with van der Waals surface area (Å²) in [4.78, 5) is 16.8. The number of carbonyl (C=O) groups is 1. The summed E-state index contributed by atoms with van der Waals surface area (Å²) < 4.78 is 5.68. The molecule has 0 spiro atoms. The first kappa shape index (κ1) is 17.2. The molecule has 2 atom stereocenters.